The molecule has 92 valence electrons. The number of amides is 1. The molecule has 1 aromatic carbocycles. The summed E-state index contributed by atoms with van der Waals surface area (Å²) in [6.45, 7) is 3.58. The molecule has 0 atom stereocenters. The van der Waals surface area contributed by atoms with E-state index in [-0.39, 0.29) is 12.5 Å². The quantitative estimate of drug-likeness (QED) is 0.747. The predicted molar refractivity (Wildman–Crippen MR) is 58.1 cm³/mol. The molecule has 0 radical (unpaired) electrons. The first-order valence-corrected chi connectivity index (χ1v) is 4.88. The Labute approximate surface area is 97.3 Å². The lowest BCUT2D eigenvalue weighted by Crippen LogP contribution is -2.23. The zero-order valence-corrected chi connectivity index (χ0v) is 9.29. The van der Waals surface area contributed by atoms with Crippen molar-refractivity contribution in [2.75, 3.05) is 7.05 Å². The van der Waals surface area contributed by atoms with Crippen LogP contribution in [0.4, 0.5) is 13.2 Å². The van der Waals surface area contributed by atoms with Gasteiger partial charge in [0.25, 0.3) is 0 Å². The van der Waals surface area contributed by atoms with Crippen LogP contribution in [0.3, 0.4) is 0 Å². The molecule has 17 heavy (non-hydrogen) atoms. The summed E-state index contributed by atoms with van der Waals surface area (Å²) in [5.74, 6) is -0.273. The highest BCUT2D eigenvalue weighted by molar-refractivity contribution is 5.86. The molecule has 1 aromatic rings. The number of carbonyl (C=O) groups is 1. The van der Waals surface area contributed by atoms with E-state index in [0.717, 1.165) is 18.2 Å². The van der Waals surface area contributed by atoms with Gasteiger partial charge in [-0.15, -0.1) is 0 Å². The Morgan fingerprint density at radius 1 is 1.35 bits per heavy atom. The molecule has 2 nitrogen and oxygen atoms in total. The van der Waals surface area contributed by atoms with Gasteiger partial charge in [-0.05, 0) is 23.8 Å². The monoisotopic (exact) mass is 243 g/mol. The molecule has 5 heteroatoms. The van der Waals surface area contributed by atoms with Gasteiger partial charge >= 0.3 is 6.18 Å². The molecule has 0 saturated heterocycles. The maximum atomic E-state index is 12.3. The zero-order chi connectivity index (χ0) is 13.1. The summed E-state index contributed by atoms with van der Waals surface area (Å²) >= 11 is 0. The van der Waals surface area contributed by atoms with Gasteiger partial charge in [-0.2, -0.15) is 13.2 Å². The van der Waals surface area contributed by atoms with Crippen LogP contribution >= 0.6 is 0 Å². The Balaban J connectivity index is 2.75. The van der Waals surface area contributed by atoms with E-state index in [4.69, 9.17) is 0 Å². The van der Waals surface area contributed by atoms with E-state index >= 15 is 0 Å². The van der Waals surface area contributed by atoms with Crippen molar-refractivity contribution < 1.29 is 18.0 Å². The third kappa shape index (κ3) is 3.62. The number of hydrogen-bond donors (Lipinski definition) is 0. The van der Waals surface area contributed by atoms with Crippen LogP contribution in [0.1, 0.15) is 11.1 Å². The highest BCUT2D eigenvalue weighted by Gasteiger charge is 2.29. The van der Waals surface area contributed by atoms with Gasteiger partial charge in [0.2, 0.25) is 5.91 Å². The number of rotatable bonds is 3. The Bertz CT molecular complexity index is 409. The number of hydrogen-bond acceptors (Lipinski definition) is 1. The van der Waals surface area contributed by atoms with Crippen LogP contribution in [0.15, 0.2) is 36.9 Å². The van der Waals surface area contributed by atoms with Gasteiger partial charge in [-0.25, -0.2) is 0 Å². The molecule has 0 saturated carbocycles. The van der Waals surface area contributed by atoms with E-state index in [2.05, 4.69) is 6.58 Å². The van der Waals surface area contributed by atoms with Gasteiger partial charge < -0.3 is 4.90 Å². The first kappa shape index (κ1) is 13.3. The number of likely N-dealkylation sites (N-methyl/N-ethyl adjacent to an activating group) is 1. The van der Waals surface area contributed by atoms with Gasteiger partial charge in [0.15, 0.2) is 0 Å². The van der Waals surface area contributed by atoms with Crippen molar-refractivity contribution in [3.8, 4) is 0 Å². The molecule has 1 amide bonds. The van der Waals surface area contributed by atoms with Crippen molar-refractivity contribution >= 4 is 5.91 Å². The van der Waals surface area contributed by atoms with E-state index in [0.29, 0.717) is 5.56 Å². The lowest BCUT2D eigenvalue weighted by atomic mass is 10.1. The van der Waals surface area contributed by atoms with Gasteiger partial charge in [0, 0.05) is 13.6 Å². The van der Waals surface area contributed by atoms with E-state index in [9.17, 15) is 18.0 Å². The summed E-state index contributed by atoms with van der Waals surface area (Å²) in [4.78, 5) is 12.5. The third-order valence-electron chi connectivity index (χ3n) is 2.25. The van der Waals surface area contributed by atoms with Crippen molar-refractivity contribution in [1.82, 2.24) is 4.90 Å². The second kappa shape index (κ2) is 5.03. The minimum atomic E-state index is -4.33. The van der Waals surface area contributed by atoms with Crippen LogP contribution in [0, 0.1) is 0 Å². The van der Waals surface area contributed by atoms with Crippen LogP contribution in [-0.2, 0) is 17.5 Å². The molecule has 1 rings (SSSR count). The van der Waals surface area contributed by atoms with Crippen molar-refractivity contribution in [3.63, 3.8) is 0 Å². The number of halogens is 3. The average Bonchev–Trinajstić information content (AvgIpc) is 2.27. The SMILES string of the molecule is C=CC(=O)N(C)Cc1ccc(C(F)(F)F)cc1. The Hall–Kier alpha value is -1.78. The molecular weight excluding hydrogens is 231 g/mol. The number of nitrogens with zero attached hydrogens (tertiary/aromatic N) is 1. The lowest BCUT2D eigenvalue weighted by Gasteiger charge is -2.15. The molecule has 0 aromatic heterocycles. The molecule has 0 aliphatic carbocycles. The van der Waals surface area contributed by atoms with E-state index in [1.54, 1.807) is 7.05 Å². The Morgan fingerprint density at radius 3 is 2.29 bits per heavy atom. The summed E-state index contributed by atoms with van der Waals surface area (Å²) < 4.78 is 36.9. The van der Waals surface area contributed by atoms with Crippen LogP contribution in [-0.4, -0.2) is 17.9 Å². The fourth-order valence-electron chi connectivity index (χ4n) is 1.31. The molecule has 0 aliphatic heterocycles. The van der Waals surface area contributed by atoms with Gasteiger partial charge in [-0.1, -0.05) is 18.7 Å². The molecule has 0 bridgehead atoms. The van der Waals surface area contributed by atoms with Crippen molar-refractivity contribution in [2.45, 2.75) is 12.7 Å². The zero-order valence-electron chi connectivity index (χ0n) is 9.29. The van der Waals surface area contributed by atoms with E-state index < -0.39 is 11.7 Å². The summed E-state index contributed by atoms with van der Waals surface area (Å²) in [7, 11) is 1.56. The molecule has 0 N–H and O–H groups in total. The van der Waals surface area contributed by atoms with Crippen LogP contribution in [0.25, 0.3) is 0 Å². The van der Waals surface area contributed by atoms with E-state index in [1.165, 1.54) is 17.0 Å². The molecular formula is C12H12F3NO. The Morgan fingerprint density at radius 2 is 1.88 bits per heavy atom. The van der Waals surface area contributed by atoms with Crippen molar-refractivity contribution in [1.29, 1.82) is 0 Å². The van der Waals surface area contributed by atoms with Crippen molar-refractivity contribution in [3.05, 3.63) is 48.0 Å². The maximum Gasteiger partial charge on any atom is 0.416 e. The second-order valence-electron chi connectivity index (χ2n) is 3.59. The number of benzene rings is 1. The lowest BCUT2D eigenvalue weighted by molar-refractivity contribution is -0.137. The normalized spacial score (nSPS) is 11.1. The highest BCUT2D eigenvalue weighted by atomic mass is 19.4. The first-order chi connectivity index (χ1) is 7.84. The first-order valence-electron chi connectivity index (χ1n) is 4.88. The minimum absolute atomic E-state index is 0.253. The molecule has 0 spiro atoms. The van der Waals surface area contributed by atoms with Crippen LogP contribution in [0.2, 0.25) is 0 Å². The topological polar surface area (TPSA) is 20.3 Å². The third-order valence-corrected chi connectivity index (χ3v) is 2.25. The summed E-state index contributed by atoms with van der Waals surface area (Å²) in [5.41, 5.74) is -0.0605. The number of alkyl halides is 3. The predicted octanol–water partition coefficient (Wildman–Crippen LogP) is 2.85. The minimum Gasteiger partial charge on any atom is -0.338 e. The van der Waals surface area contributed by atoms with Gasteiger partial charge in [-0.3, -0.25) is 4.79 Å². The molecule has 0 fully saturated rings. The smallest absolute Gasteiger partial charge is 0.338 e. The van der Waals surface area contributed by atoms with Crippen LogP contribution < -0.4 is 0 Å². The van der Waals surface area contributed by atoms with Gasteiger partial charge in [0.1, 0.15) is 0 Å². The van der Waals surface area contributed by atoms with E-state index in [1.807, 2.05) is 0 Å². The molecule has 0 unspecified atom stereocenters. The summed E-state index contributed by atoms with van der Waals surface area (Å²) in [6.07, 6.45) is -3.18. The summed E-state index contributed by atoms with van der Waals surface area (Å²) in [6, 6.07) is 4.72. The second-order valence-corrected chi connectivity index (χ2v) is 3.59. The van der Waals surface area contributed by atoms with Crippen molar-refractivity contribution in [2.24, 2.45) is 0 Å². The summed E-state index contributed by atoms with van der Waals surface area (Å²) in [5, 5.41) is 0. The van der Waals surface area contributed by atoms with Gasteiger partial charge in [0.05, 0.1) is 5.56 Å². The molecule has 0 heterocycles. The fourth-order valence-corrected chi connectivity index (χ4v) is 1.31. The molecule has 0 aliphatic rings. The number of carbonyl (C=O) groups excluding carboxylic acids is 1. The Kier molecular flexibility index (Phi) is 3.93. The average molecular weight is 243 g/mol. The van der Waals surface area contributed by atoms with Crippen LogP contribution in [0.5, 0.6) is 0 Å². The fraction of sp³-hybridized carbons (Fsp3) is 0.250. The highest BCUT2D eigenvalue weighted by Crippen LogP contribution is 2.29. The largest absolute Gasteiger partial charge is 0.416 e. The maximum absolute atomic E-state index is 12.3. The standard InChI is InChI=1S/C12H12F3NO/c1-3-11(17)16(2)8-9-4-6-10(7-5-9)12(13,14)15/h3-7H,1,8H2,2H3.